The summed E-state index contributed by atoms with van der Waals surface area (Å²) in [6.45, 7) is 0. The Hall–Kier alpha value is -2.44. The van der Waals surface area contributed by atoms with Crippen molar-refractivity contribution in [2.24, 2.45) is 0 Å². The minimum atomic E-state index is -1.19. The fraction of sp³-hybridized carbons (Fsp3) is 0.273. The van der Waals surface area contributed by atoms with E-state index in [0.717, 1.165) is 0 Å². The first-order valence-corrected chi connectivity index (χ1v) is 5.16. The quantitative estimate of drug-likeness (QED) is 0.485. The average Bonchev–Trinajstić information content (AvgIpc) is 2.32. The van der Waals surface area contributed by atoms with Crippen LogP contribution in [0.4, 0.5) is 4.79 Å². The summed E-state index contributed by atoms with van der Waals surface area (Å²) in [6.07, 6.45) is -0.00338. The Morgan fingerprint density at radius 1 is 1.28 bits per heavy atom. The van der Waals surface area contributed by atoms with Crippen LogP contribution in [-0.2, 0) is 11.2 Å². The van der Waals surface area contributed by atoms with Crippen molar-refractivity contribution in [1.82, 2.24) is 10.6 Å². The van der Waals surface area contributed by atoms with Gasteiger partial charge in [0.2, 0.25) is 0 Å². The molecule has 0 aromatic heterocycles. The third kappa shape index (κ3) is 3.55. The van der Waals surface area contributed by atoms with Gasteiger partial charge >= 0.3 is 12.0 Å². The fourth-order valence-electron chi connectivity index (χ4n) is 1.36. The number of phenolic OH excluding ortho intramolecular Hbond substituents is 2. The molecular formula is C11H14N2O5. The molecule has 0 bridgehead atoms. The summed E-state index contributed by atoms with van der Waals surface area (Å²) in [5, 5.41) is 31.9. The van der Waals surface area contributed by atoms with E-state index >= 15 is 0 Å². The second-order valence-electron chi connectivity index (χ2n) is 3.64. The molecule has 1 atom stereocenters. The molecule has 0 aliphatic rings. The topological polar surface area (TPSA) is 119 Å². The molecule has 2 amide bonds. The molecule has 1 aromatic rings. The largest absolute Gasteiger partial charge is 0.504 e. The highest BCUT2D eigenvalue weighted by Crippen LogP contribution is 2.25. The molecule has 0 aliphatic heterocycles. The maximum Gasteiger partial charge on any atom is 0.326 e. The first kappa shape index (κ1) is 13.6. The van der Waals surface area contributed by atoms with E-state index in [4.69, 9.17) is 10.2 Å². The Balaban J connectivity index is 2.80. The molecule has 7 heteroatoms. The van der Waals surface area contributed by atoms with Crippen LogP contribution in [0.1, 0.15) is 5.56 Å². The monoisotopic (exact) mass is 254 g/mol. The Kier molecular flexibility index (Phi) is 4.36. The number of amides is 2. The van der Waals surface area contributed by atoms with Crippen molar-refractivity contribution in [3.05, 3.63) is 23.8 Å². The molecule has 7 nitrogen and oxygen atoms in total. The highest BCUT2D eigenvalue weighted by Gasteiger charge is 2.20. The molecule has 0 heterocycles. The van der Waals surface area contributed by atoms with Gasteiger partial charge in [0.15, 0.2) is 11.5 Å². The molecule has 0 aliphatic carbocycles. The zero-order valence-electron chi connectivity index (χ0n) is 9.67. The number of benzene rings is 1. The molecule has 18 heavy (non-hydrogen) atoms. The predicted octanol–water partition coefficient (Wildman–Crippen LogP) is 0.0225. The SMILES string of the molecule is CNC(=O)NC(Cc1ccc(O)c(O)c1)C(=O)O. The number of phenols is 2. The van der Waals surface area contributed by atoms with E-state index in [1.165, 1.54) is 25.2 Å². The molecule has 0 saturated heterocycles. The van der Waals surface area contributed by atoms with Gasteiger partial charge in [-0.1, -0.05) is 6.07 Å². The van der Waals surface area contributed by atoms with Gasteiger partial charge in [0.05, 0.1) is 0 Å². The van der Waals surface area contributed by atoms with Crippen molar-refractivity contribution in [3.63, 3.8) is 0 Å². The first-order valence-electron chi connectivity index (χ1n) is 5.16. The Bertz CT molecular complexity index is 461. The lowest BCUT2D eigenvalue weighted by Gasteiger charge is -2.14. The van der Waals surface area contributed by atoms with Crippen LogP contribution < -0.4 is 10.6 Å². The van der Waals surface area contributed by atoms with E-state index in [1.54, 1.807) is 0 Å². The summed E-state index contributed by atoms with van der Waals surface area (Å²) >= 11 is 0. The predicted molar refractivity (Wildman–Crippen MR) is 62.5 cm³/mol. The number of aromatic hydroxyl groups is 2. The number of hydrogen-bond acceptors (Lipinski definition) is 4. The van der Waals surface area contributed by atoms with Gasteiger partial charge in [-0.2, -0.15) is 0 Å². The molecule has 1 aromatic carbocycles. The highest BCUT2D eigenvalue weighted by atomic mass is 16.4. The van der Waals surface area contributed by atoms with Crippen molar-refractivity contribution in [2.45, 2.75) is 12.5 Å². The summed E-state index contributed by atoms with van der Waals surface area (Å²) in [5.74, 6) is -1.81. The maximum atomic E-state index is 11.1. The number of aliphatic carboxylic acids is 1. The molecular weight excluding hydrogens is 240 g/mol. The minimum absolute atomic E-state index is 0.00338. The molecule has 0 saturated carbocycles. The Labute approximate surface area is 103 Å². The number of carboxylic acids is 1. The summed E-state index contributed by atoms with van der Waals surface area (Å²) in [4.78, 5) is 22.0. The zero-order valence-corrected chi connectivity index (χ0v) is 9.67. The lowest BCUT2D eigenvalue weighted by molar-refractivity contribution is -0.139. The van der Waals surface area contributed by atoms with Gasteiger partial charge in [0, 0.05) is 13.5 Å². The molecule has 5 N–H and O–H groups in total. The van der Waals surface area contributed by atoms with Crippen LogP contribution >= 0.6 is 0 Å². The van der Waals surface area contributed by atoms with Crippen molar-refractivity contribution < 1.29 is 24.9 Å². The normalized spacial score (nSPS) is 11.6. The van der Waals surface area contributed by atoms with E-state index in [9.17, 15) is 14.7 Å². The number of carbonyl (C=O) groups is 2. The first-order chi connectivity index (χ1) is 8.43. The summed E-state index contributed by atoms with van der Waals surface area (Å²) in [5.41, 5.74) is 0.481. The van der Waals surface area contributed by atoms with Gasteiger partial charge in [0.25, 0.3) is 0 Å². The number of nitrogens with one attached hydrogen (secondary N) is 2. The molecule has 0 spiro atoms. The van der Waals surface area contributed by atoms with E-state index in [1.807, 2.05) is 0 Å². The highest BCUT2D eigenvalue weighted by molar-refractivity contribution is 5.82. The Morgan fingerprint density at radius 2 is 1.94 bits per heavy atom. The van der Waals surface area contributed by atoms with Crippen molar-refractivity contribution in [2.75, 3.05) is 7.05 Å². The number of rotatable bonds is 4. The molecule has 0 fully saturated rings. The van der Waals surface area contributed by atoms with Gasteiger partial charge in [-0.05, 0) is 17.7 Å². The maximum absolute atomic E-state index is 11.1. The van der Waals surface area contributed by atoms with Crippen LogP contribution in [0, 0.1) is 0 Å². The van der Waals surface area contributed by atoms with Crippen LogP contribution in [0.5, 0.6) is 11.5 Å². The van der Waals surface area contributed by atoms with Gasteiger partial charge in [0.1, 0.15) is 6.04 Å². The van der Waals surface area contributed by atoms with E-state index in [-0.39, 0.29) is 17.9 Å². The standard InChI is InChI=1S/C11H14N2O5/c1-12-11(18)13-7(10(16)17)4-6-2-3-8(14)9(15)5-6/h2-3,5,7,14-15H,4H2,1H3,(H,16,17)(H2,12,13,18). The second kappa shape index (κ2) is 5.76. The van der Waals surface area contributed by atoms with Crippen LogP contribution in [0.15, 0.2) is 18.2 Å². The van der Waals surface area contributed by atoms with Gasteiger partial charge in [-0.25, -0.2) is 9.59 Å². The number of carbonyl (C=O) groups excluding carboxylic acids is 1. The number of carboxylic acid groups (broad SMARTS) is 1. The van der Waals surface area contributed by atoms with Crippen LogP contribution in [0.25, 0.3) is 0 Å². The second-order valence-corrected chi connectivity index (χ2v) is 3.64. The Morgan fingerprint density at radius 3 is 2.44 bits per heavy atom. The summed E-state index contributed by atoms with van der Waals surface area (Å²) < 4.78 is 0. The van der Waals surface area contributed by atoms with Gasteiger partial charge in [-0.15, -0.1) is 0 Å². The summed E-state index contributed by atoms with van der Waals surface area (Å²) in [7, 11) is 1.38. The van der Waals surface area contributed by atoms with Crippen molar-refractivity contribution >= 4 is 12.0 Å². The van der Waals surface area contributed by atoms with Crippen molar-refractivity contribution in [3.8, 4) is 11.5 Å². The van der Waals surface area contributed by atoms with Crippen LogP contribution in [-0.4, -0.2) is 40.4 Å². The minimum Gasteiger partial charge on any atom is -0.504 e. The van der Waals surface area contributed by atoms with Crippen molar-refractivity contribution in [1.29, 1.82) is 0 Å². The lowest BCUT2D eigenvalue weighted by atomic mass is 10.1. The van der Waals surface area contributed by atoms with E-state index in [0.29, 0.717) is 5.56 Å². The van der Waals surface area contributed by atoms with Crippen LogP contribution in [0.3, 0.4) is 0 Å². The van der Waals surface area contributed by atoms with Gasteiger partial charge < -0.3 is 26.0 Å². The smallest absolute Gasteiger partial charge is 0.326 e. The van der Waals surface area contributed by atoms with Gasteiger partial charge in [-0.3, -0.25) is 0 Å². The summed E-state index contributed by atoms with van der Waals surface area (Å²) in [6, 6.07) is 2.25. The average molecular weight is 254 g/mol. The molecule has 1 unspecified atom stereocenters. The number of urea groups is 1. The third-order valence-electron chi connectivity index (χ3n) is 2.31. The fourth-order valence-corrected chi connectivity index (χ4v) is 1.36. The lowest BCUT2D eigenvalue weighted by Crippen LogP contribution is -2.46. The van der Waals surface area contributed by atoms with E-state index in [2.05, 4.69) is 10.6 Å². The van der Waals surface area contributed by atoms with Crippen LogP contribution in [0.2, 0.25) is 0 Å². The molecule has 98 valence electrons. The molecule has 0 radical (unpaired) electrons. The van der Waals surface area contributed by atoms with E-state index < -0.39 is 18.0 Å². The number of hydrogen-bond donors (Lipinski definition) is 5. The third-order valence-corrected chi connectivity index (χ3v) is 2.31. The zero-order chi connectivity index (χ0) is 13.7. The molecule has 1 rings (SSSR count).